The lowest BCUT2D eigenvalue weighted by molar-refractivity contribution is -0.141. The predicted molar refractivity (Wildman–Crippen MR) is 103 cm³/mol. The summed E-state index contributed by atoms with van der Waals surface area (Å²) in [5.74, 6) is 0.0853. The summed E-state index contributed by atoms with van der Waals surface area (Å²) in [6.07, 6.45) is 3.81. The van der Waals surface area contributed by atoms with Crippen LogP contribution in [-0.2, 0) is 9.59 Å². The first kappa shape index (κ1) is 20.1. The molecule has 0 saturated carbocycles. The lowest BCUT2D eigenvalue weighted by Crippen LogP contribution is -2.56. The summed E-state index contributed by atoms with van der Waals surface area (Å²) in [5, 5.41) is 3.02. The van der Waals surface area contributed by atoms with Crippen LogP contribution in [-0.4, -0.2) is 76.8 Å². The Balaban J connectivity index is 1.61. The van der Waals surface area contributed by atoms with Gasteiger partial charge in [-0.3, -0.25) is 14.5 Å². The normalized spacial score (nSPS) is 24.6. The van der Waals surface area contributed by atoms with Gasteiger partial charge in [0.1, 0.15) is 5.54 Å². The Morgan fingerprint density at radius 2 is 1.70 bits per heavy atom. The molecule has 0 radical (unpaired) electrons. The van der Waals surface area contributed by atoms with E-state index in [4.69, 9.17) is 0 Å². The molecular weight excluding hydrogens is 344 g/mol. The summed E-state index contributed by atoms with van der Waals surface area (Å²) in [4.78, 5) is 44.0. The number of piperidine rings is 2. The summed E-state index contributed by atoms with van der Waals surface area (Å²) in [7, 11) is 0. The number of urea groups is 1. The lowest BCUT2D eigenvalue weighted by atomic mass is 9.86. The lowest BCUT2D eigenvalue weighted by Gasteiger charge is -2.39. The van der Waals surface area contributed by atoms with Crippen LogP contribution in [0.25, 0.3) is 0 Å². The number of nitrogens with zero attached hydrogens (tertiary/aromatic N) is 3. The summed E-state index contributed by atoms with van der Waals surface area (Å²) in [6, 6.07) is -0.348. The molecule has 7 nitrogen and oxygen atoms in total. The number of rotatable bonds is 3. The van der Waals surface area contributed by atoms with E-state index in [1.807, 2.05) is 25.7 Å². The number of hydrogen-bond acceptors (Lipinski definition) is 4. The molecule has 3 aliphatic heterocycles. The third kappa shape index (κ3) is 3.84. The zero-order valence-corrected chi connectivity index (χ0v) is 17.2. The first-order valence-electron chi connectivity index (χ1n) is 10.4. The molecule has 3 saturated heterocycles. The maximum Gasteiger partial charge on any atom is 0.325 e. The highest BCUT2D eigenvalue weighted by Crippen LogP contribution is 2.33. The van der Waals surface area contributed by atoms with Crippen molar-refractivity contribution < 1.29 is 14.4 Å². The molecule has 152 valence electrons. The molecule has 1 N–H and O–H groups in total. The van der Waals surface area contributed by atoms with Crippen LogP contribution in [0.4, 0.5) is 4.79 Å². The standard InChI is InChI=1S/C20H34N4O3/c1-5-10-22-13-8-20(9-14-22)17(26)24(18(27)21-20)15-6-11-23(12-7-15)16(25)19(2,3)4/h15H,5-14H2,1-4H3,(H,21,27). The van der Waals surface area contributed by atoms with Crippen molar-refractivity contribution in [1.29, 1.82) is 0 Å². The van der Waals surface area contributed by atoms with E-state index < -0.39 is 11.0 Å². The van der Waals surface area contributed by atoms with Gasteiger partial charge in [-0.15, -0.1) is 0 Å². The minimum absolute atomic E-state index is 0.0516. The molecule has 0 unspecified atom stereocenters. The van der Waals surface area contributed by atoms with Crippen molar-refractivity contribution in [2.45, 2.75) is 71.4 Å². The molecule has 3 rings (SSSR count). The van der Waals surface area contributed by atoms with E-state index in [2.05, 4.69) is 17.1 Å². The van der Waals surface area contributed by atoms with E-state index in [0.717, 1.165) is 26.1 Å². The molecule has 0 aromatic rings. The summed E-state index contributed by atoms with van der Waals surface area (Å²) < 4.78 is 0. The van der Waals surface area contributed by atoms with E-state index in [9.17, 15) is 14.4 Å². The van der Waals surface area contributed by atoms with Crippen molar-refractivity contribution in [1.82, 2.24) is 20.0 Å². The number of carbonyl (C=O) groups excluding carboxylic acids is 3. The average Bonchev–Trinajstić information content (AvgIpc) is 2.86. The maximum absolute atomic E-state index is 13.2. The SMILES string of the molecule is CCCN1CCC2(CC1)NC(=O)N(C1CCN(C(=O)C(C)(C)C)CC1)C2=O. The molecule has 0 aliphatic carbocycles. The Bertz CT molecular complexity index is 597. The minimum Gasteiger partial charge on any atom is -0.342 e. The van der Waals surface area contributed by atoms with Crippen molar-refractivity contribution in [2.75, 3.05) is 32.7 Å². The average molecular weight is 379 g/mol. The van der Waals surface area contributed by atoms with E-state index >= 15 is 0 Å². The first-order chi connectivity index (χ1) is 12.7. The highest BCUT2D eigenvalue weighted by molar-refractivity contribution is 6.07. The second-order valence-electron chi connectivity index (χ2n) is 9.30. The van der Waals surface area contributed by atoms with Gasteiger partial charge in [-0.2, -0.15) is 0 Å². The third-order valence-electron chi connectivity index (χ3n) is 6.20. The first-order valence-corrected chi connectivity index (χ1v) is 10.4. The van der Waals surface area contributed by atoms with Gasteiger partial charge in [0.2, 0.25) is 5.91 Å². The second kappa shape index (κ2) is 7.41. The zero-order valence-electron chi connectivity index (χ0n) is 17.2. The minimum atomic E-state index is -0.709. The molecule has 0 atom stereocenters. The molecule has 4 amide bonds. The van der Waals surface area contributed by atoms with Gasteiger partial charge in [0.05, 0.1) is 0 Å². The van der Waals surface area contributed by atoms with Crippen LogP contribution in [0.15, 0.2) is 0 Å². The zero-order chi connectivity index (χ0) is 19.8. The molecular formula is C20H34N4O3. The van der Waals surface area contributed by atoms with Gasteiger partial charge >= 0.3 is 6.03 Å². The van der Waals surface area contributed by atoms with Crippen LogP contribution >= 0.6 is 0 Å². The monoisotopic (exact) mass is 378 g/mol. The quantitative estimate of drug-likeness (QED) is 0.761. The van der Waals surface area contributed by atoms with Gasteiger partial charge in [-0.25, -0.2) is 4.79 Å². The molecule has 0 aromatic carbocycles. The fourth-order valence-electron chi connectivity index (χ4n) is 4.59. The number of imide groups is 1. The van der Waals surface area contributed by atoms with Crippen molar-refractivity contribution in [3.05, 3.63) is 0 Å². The van der Waals surface area contributed by atoms with Crippen molar-refractivity contribution >= 4 is 17.8 Å². The Labute approximate surface area is 162 Å². The van der Waals surface area contributed by atoms with E-state index in [1.54, 1.807) is 0 Å². The van der Waals surface area contributed by atoms with Gasteiger partial charge in [-0.1, -0.05) is 27.7 Å². The third-order valence-corrected chi connectivity index (χ3v) is 6.20. The summed E-state index contributed by atoms with van der Waals surface area (Å²) in [6.45, 7) is 11.9. The molecule has 0 aromatic heterocycles. The van der Waals surface area contributed by atoms with Gasteiger partial charge in [0.15, 0.2) is 0 Å². The Morgan fingerprint density at radius 1 is 1.11 bits per heavy atom. The summed E-state index contributed by atoms with van der Waals surface area (Å²) >= 11 is 0. The van der Waals surface area contributed by atoms with Crippen LogP contribution in [0.1, 0.15) is 59.8 Å². The van der Waals surface area contributed by atoms with E-state index in [0.29, 0.717) is 38.8 Å². The van der Waals surface area contributed by atoms with Gasteiger partial charge in [0.25, 0.3) is 5.91 Å². The highest BCUT2D eigenvalue weighted by Gasteiger charge is 2.54. The highest BCUT2D eigenvalue weighted by atomic mass is 16.2. The Kier molecular flexibility index (Phi) is 5.52. The van der Waals surface area contributed by atoms with Crippen molar-refractivity contribution in [3.8, 4) is 0 Å². The van der Waals surface area contributed by atoms with Crippen molar-refractivity contribution in [3.63, 3.8) is 0 Å². The maximum atomic E-state index is 13.2. The van der Waals surface area contributed by atoms with E-state index in [1.165, 1.54) is 4.90 Å². The van der Waals surface area contributed by atoms with Crippen molar-refractivity contribution in [2.24, 2.45) is 5.41 Å². The second-order valence-corrected chi connectivity index (χ2v) is 9.30. The molecule has 3 heterocycles. The largest absolute Gasteiger partial charge is 0.342 e. The molecule has 3 aliphatic rings. The molecule has 27 heavy (non-hydrogen) atoms. The Hall–Kier alpha value is -1.63. The van der Waals surface area contributed by atoms with Crippen LogP contribution in [0.2, 0.25) is 0 Å². The van der Waals surface area contributed by atoms with Gasteiger partial charge in [0, 0.05) is 37.6 Å². The van der Waals surface area contributed by atoms with Gasteiger partial charge < -0.3 is 15.1 Å². The van der Waals surface area contributed by atoms with E-state index in [-0.39, 0.29) is 23.9 Å². The fourth-order valence-corrected chi connectivity index (χ4v) is 4.59. The van der Waals surface area contributed by atoms with Crippen LogP contribution in [0, 0.1) is 5.41 Å². The molecule has 3 fully saturated rings. The van der Waals surface area contributed by atoms with Crippen LogP contribution in [0.5, 0.6) is 0 Å². The number of likely N-dealkylation sites (tertiary alicyclic amines) is 2. The fraction of sp³-hybridized carbons (Fsp3) is 0.850. The van der Waals surface area contributed by atoms with Gasteiger partial charge in [-0.05, 0) is 38.6 Å². The predicted octanol–water partition coefficient (Wildman–Crippen LogP) is 1.82. The summed E-state index contributed by atoms with van der Waals surface area (Å²) in [5.41, 5.74) is -1.11. The molecule has 0 bridgehead atoms. The number of amides is 4. The Morgan fingerprint density at radius 3 is 2.22 bits per heavy atom. The van der Waals surface area contributed by atoms with Crippen LogP contribution < -0.4 is 5.32 Å². The smallest absolute Gasteiger partial charge is 0.325 e. The number of hydrogen-bond donors (Lipinski definition) is 1. The topological polar surface area (TPSA) is 73.0 Å². The van der Waals surface area contributed by atoms with Crippen LogP contribution in [0.3, 0.4) is 0 Å². The number of carbonyl (C=O) groups is 3. The molecule has 1 spiro atoms. The number of nitrogens with one attached hydrogen (secondary N) is 1. The molecule has 7 heteroatoms.